The van der Waals surface area contributed by atoms with Gasteiger partial charge < -0.3 is 10.6 Å². The second-order valence-electron chi connectivity index (χ2n) is 1.67. The molecule has 1 unspecified atom stereocenters. The summed E-state index contributed by atoms with van der Waals surface area (Å²) in [6.07, 6.45) is 0.177. The van der Waals surface area contributed by atoms with Crippen molar-refractivity contribution in [3.8, 4) is 0 Å². The van der Waals surface area contributed by atoms with E-state index in [4.69, 9.17) is 5.73 Å². The van der Waals surface area contributed by atoms with E-state index in [1.54, 1.807) is 6.92 Å². The Kier molecular flexibility index (Phi) is 3.14. The molecule has 0 rings (SSSR count). The fraction of sp³-hybridized carbons (Fsp3) is 0.750. The molecule has 0 aromatic heterocycles. The van der Waals surface area contributed by atoms with Crippen LogP contribution < -0.4 is 11.6 Å². The molecule has 0 aliphatic heterocycles. The van der Waals surface area contributed by atoms with Gasteiger partial charge in [0.1, 0.15) is 0 Å². The van der Waals surface area contributed by atoms with Gasteiger partial charge in [-0.25, -0.2) is 0 Å². The smallest absolute Gasteiger partial charge is 0.325 e. The molecular formula is C4H10N2O2. The van der Waals surface area contributed by atoms with Crippen LogP contribution in [-0.4, -0.2) is 12.0 Å². The minimum Gasteiger partial charge on any atom is -0.373 e. The molecule has 0 saturated heterocycles. The van der Waals surface area contributed by atoms with Crippen molar-refractivity contribution in [1.82, 2.24) is 0 Å². The zero-order valence-corrected chi connectivity index (χ0v) is 4.76. The molecule has 0 aromatic carbocycles. The predicted molar refractivity (Wildman–Crippen MR) is 28.5 cm³/mol. The summed E-state index contributed by atoms with van der Waals surface area (Å²) in [4.78, 5) is 14.0. The minimum absolute atomic E-state index is 0.175. The van der Waals surface area contributed by atoms with Gasteiger partial charge in [-0.2, -0.15) is 5.90 Å². The molecule has 0 aliphatic carbocycles. The van der Waals surface area contributed by atoms with Gasteiger partial charge in [0.05, 0.1) is 6.42 Å². The summed E-state index contributed by atoms with van der Waals surface area (Å²) in [7, 11) is 0. The Hall–Kier alpha value is -0.610. The van der Waals surface area contributed by atoms with Crippen molar-refractivity contribution in [2.45, 2.75) is 19.4 Å². The van der Waals surface area contributed by atoms with Gasteiger partial charge in [0.15, 0.2) is 0 Å². The Bertz CT molecular complexity index is 82.1. The fourth-order valence-corrected chi connectivity index (χ4v) is 0.311. The maximum absolute atomic E-state index is 10.2. The van der Waals surface area contributed by atoms with Gasteiger partial charge in [0.2, 0.25) is 0 Å². The van der Waals surface area contributed by atoms with Gasteiger partial charge in [0, 0.05) is 6.04 Å². The number of carbonyl (C=O) groups excluding carboxylic acids is 1. The average Bonchev–Trinajstić information content (AvgIpc) is 1.65. The van der Waals surface area contributed by atoms with Crippen molar-refractivity contribution in [2.75, 3.05) is 0 Å². The molecule has 0 amide bonds. The molecule has 0 bridgehead atoms. The van der Waals surface area contributed by atoms with Crippen molar-refractivity contribution in [1.29, 1.82) is 0 Å². The summed E-state index contributed by atoms with van der Waals surface area (Å²) in [6, 6.07) is -0.175. The van der Waals surface area contributed by atoms with Gasteiger partial charge in [0.25, 0.3) is 0 Å². The van der Waals surface area contributed by atoms with Gasteiger partial charge in [-0.15, -0.1) is 0 Å². The van der Waals surface area contributed by atoms with Crippen LogP contribution in [0, 0.1) is 0 Å². The van der Waals surface area contributed by atoms with E-state index in [9.17, 15) is 4.79 Å². The van der Waals surface area contributed by atoms with Gasteiger partial charge in [-0.3, -0.25) is 4.79 Å². The highest BCUT2D eigenvalue weighted by atomic mass is 16.7. The summed E-state index contributed by atoms with van der Waals surface area (Å²) < 4.78 is 0. The number of nitrogens with two attached hydrogens (primary N) is 2. The van der Waals surface area contributed by atoms with E-state index in [2.05, 4.69) is 10.7 Å². The van der Waals surface area contributed by atoms with Gasteiger partial charge >= 0.3 is 5.97 Å². The normalized spacial score (nSPS) is 12.9. The van der Waals surface area contributed by atoms with Gasteiger partial charge in [-0.1, -0.05) is 0 Å². The number of rotatable bonds is 2. The van der Waals surface area contributed by atoms with Crippen LogP contribution in [0.1, 0.15) is 13.3 Å². The lowest BCUT2D eigenvalue weighted by atomic mass is 10.3. The molecule has 0 aromatic rings. The lowest BCUT2D eigenvalue weighted by Crippen LogP contribution is -2.22. The summed E-state index contributed by atoms with van der Waals surface area (Å²) in [5.74, 6) is 4.04. The number of carbonyl (C=O) groups is 1. The zero-order valence-electron chi connectivity index (χ0n) is 4.76. The van der Waals surface area contributed by atoms with E-state index in [-0.39, 0.29) is 12.5 Å². The van der Waals surface area contributed by atoms with E-state index >= 15 is 0 Å². The summed E-state index contributed by atoms with van der Waals surface area (Å²) in [5.41, 5.74) is 5.21. The van der Waals surface area contributed by atoms with E-state index in [1.807, 2.05) is 0 Å². The first-order valence-corrected chi connectivity index (χ1v) is 2.32. The predicted octanol–water partition coefficient (Wildman–Crippen LogP) is -0.859. The van der Waals surface area contributed by atoms with Crippen LogP contribution in [0.2, 0.25) is 0 Å². The molecular weight excluding hydrogens is 108 g/mol. The summed E-state index contributed by atoms with van der Waals surface area (Å²) >= 11 is 0. The molecule has 0 spiro atoms. The lowest BCUT2D eigenvalue weighted by Gasteiger charge is -1.99. The van der Waals surface area contributed by atoms with Crippen molar-refractivity contribution in [3.63, 3.8) is 0 Å². The lowest BCUT2D eigenvalue weighted by molar-refractivity contribution is -0.144. The second kappa shape index (κ2) is 3.40. The second-order valence-corrected chi connectivity index (χ2v) is 1.67. The first-order chi connectivity index (χ1) is 3.66. The summed E-state index contributed by atoms with van der Waals surface area (Å²) in [6.45, 7) is 1.71. The Balaban J connectivity index is 3.25. The van der Waals surface area contributed by atoms with Crippen molar-refractivity contribution < 1.29 is 9.63 Å². The van der Waals surface area contributed by atoms with Crippen molar-refractivity contribution in [3.05, 3.63) is 0 Å². The highest BCUT2D eigenvalue weighted by molar-refractivity contribution is 5.69. The van der Waals surface area contributed by atoms with E-state index in [0.29, 0.717) is 0 Å². The van der Waals surface area contributed by atoms with Crippen LogP contribution in [0.4, 0.5) is 0 Å². The Labute approximate surface area is 47.7 Å². The maximum Gasteiger partial charge on any atom is 0.325 e. The highest BCUT2D eigenvalue weighted by Crippen LogP contribution is 1.85. The molecule has 0 aliphatic rings. The average molecular weight is 118 g/mol. The Morgan fingerprint density at radius 1 is 1.88 bits per heavy atom. The molecule has 8 heavy (non-hydrogen) atoms. The van der Waals surface area contributed by atoms with Crippen LogP contribution in [0.15, 0.2) is 0 Å². The molecule has 4 heteroatoms. The zero-order chi connectivity index (χ0) is 6.57. The monoisotopic (exact) mass is 118 g/mol. The van der Waals surface area contributed by atoms with E-state index in [0.717, 1.165) is 0 Å². The molecule has 1 atom stereocenters. The van der Waals surface area contributed by atoms with Crippen LogP contribution in [0.5, 0.6) is 0 Å². The van der Waals surface area contributed by atoms with Crippen molar-refractivity contribution in [2.24, 2.45) is 11.6 Å². The molecule has 4 nitrogen and oxygen atoms in total. The van der Waals surface area contributed by atoms with Gasteiger partial charge in [-0.05, 0) is 6.92 Å². The molecule has 48 valence electrons. The fourth-order valence-electron chi connectivity index (χ4n) is 0.311. The molecule has 4 N–H and O–H groups in total. The first kappa shape index (κ1) is 7.39. The minimum atomic E-state index is -0.472. The Morgan fingerprint density at radius 3 is 2.50 bits per heavy atom. The standard InChI is InChI=1S/C4H10N2O2/c1-3(5)2-4(7)8-6/h3H,2,5-6H2,1H3. The van der Waals surface area contributed by atoms with Crippen LogP contribution in [0.3, 0.4) is 0 Å². The van der Waals surface area contributed by atoms with Crippen LogP contribution >= 0.6 is 0 Å². The topological polar surface area (TPSA) is 78.3 Å². The third-order valence-electron chi connectivity index (χ3n) is 0.620. The molecule has 0 fully saturated rings. The van der Waals surface area contributed by atoms with E-state index in [1.165, 1.54) is 0 Å². The van der Waals surface area contributed by atoms with E-state index < -0.39 is 5.97 Å². The van der Waals surface area contributed by atoms with Crippen LogP contribution in [0.25, 0.3) is 0 Å². The molecule has 0 heterocycles. The largest absolute Gasteiger partial charge is 0.373 e. The SMILES string of the molecule is CC(N)CC(=O)ON. The Morgan fingerprint density at radius 2 is 2.38 bits per heavy atom. The quantitative estimate of drug-likeness (QED) is 0.462. The third kappa shape index (κ3) is 3.58. The summed E-state index contributed by atoms with van der Waals surface area (Å²) in [5, 5.41) is 0. The number of hydrogen-bond acceptors (Lipinski definition) is 4. The number of hydrogen-bond donors (Lipinski definition) is 2. The van der Waals surface area contributed by atoms with Crippen LogP contribution in [-0.2, 0) is 9.63 Å². The highest BCUT2D eigenvalue weighted by Gasteiger charge is 2.02. The maximum atomic E-state index is 10.2. The third-order valence-corrected chi connectivity index (χ3v) is 0.620. The molecule has 0 radical (unpaired) electrons. The van der Waals surface area contributed by atoms with Crippen molar-refractivity contribution >= 4 is 5.97 Å². The molecule has 0 saturated carbocycles. The first-order valence-electron chi connectivity index (χ1n) is 2.32.